The van der Waals surface area contributed by atoms with Crippen molar-refractivity contribution in [2.45, 2.75) is 12.3 Å². The fourth-order valence-corrected chi connectivity index (χ4v) is 4.39. The van der Waals surface area contributed by atoms with Crippen LogP contribution < -0.4 is 13.7 Å². The van der Waals surface area contributed by atoms with Gasteiger partial charge in [-0.1, -0.05) is 12.1 Å². The van der Waals surface area contributed by atoms with Crippen molar-refractivity contribution < 1.29 is 4.74 Å². The van der Waals surface area contributed by atoms with Gasteiger partial charge in [0.2, 0.25) is 0 Å². The van der Waals surface area contributed by atoms with Crippen LogP contribution in [0.2, 0.25) is 0 Å². The van der Waals surface area contributed by atoms with Crippen LogP contribution in [-0.4, -0.2) is 49.4 Å². The summed E-state index contributed by atoms with van der Waals surface area (Å²) in [7, 11) is 15.1. The molecule has 0 aromatic heterocycles. The summed E-state index contributed by atoms with van der Waals surface area (Å²) < 4.78 is 7.00. The first-order chi connectivity index (χ1) is 14.1. The third kappa shape index (κ3) is 3.76. The van der Waals surface area contributed by atoms with Gasteiger partial charge in [0.15, 0.2) is 0 Å². The third-order valence-corrected chi connectivity index (χ3v) is 6.26. The highest BCUT2D eigenvalue weighted by Crippen LogP contribution is 2.49. The van der Waals surface area contributed by atoms with Crippen molar-refractivity contribution in [1.29, 1.82) is 0 Å². The molecular weight excluding hydrogens is 368 g/mol. The standard InChI is InChI=1S/C27H34N2O/c1-28(2,3)20-10-14-23-24-15-11-21(29(4,5)6)18-27(24)25(26(23)17-20)16-19-8-12-22(30-7)13-9-19/h8-15,17-18,25H,16H2,1-7H3/q+2. The number of quaternary nitrogens is 2. The Hall–Kier alpha value is -2.62. The number of methoxy groups -OCH3 is 1. The third-order valence-electron chi connectivity index (χ3n) is 6.26. The van der Waals surface area contributed by atoms with Gasteiger partial charge in [0.1, 0.15) is 17.1 Å². The highest BCUT2D eigenvalue weighted by molar-refractivity contribution is 5.82. The largest absolute Gasteiger partial charge is 0.497 e. The molecule has 0 N–H and O–H groups in total. The molecule has 1 aliphatic rings. The van der Waals surface area contributed by atoms with E-state index in [1.54, 1.807) is 7.11 Å². The minimum absolute atomic E-state index is 0.362. The highest BCUT2D eigenvalue weighted by Gasteiger charge is 2.32. The Balaban J connectivity index is 1.84. The second kappa shape index (κ2) is 7.26. The van der Waals surface area contributed by atoms with E-state index in [9.17, 15) is 0 Å². The molecule has 4 rings (SSSR count). The van der Waals surface area contributed by atoms with E-state index in [4.69, 9.17) is 4.74 Å². The normalized spacial score (nSPS) is 13.8. The van der Waals surface area contributed by atoms with Crippen molar-refractivity contribution in [2.24, 2.45) is 0 Å². The zero-order chi connectivity index (χ0) is 21.7. The maximum atomic E-state index is 5.35. The molecule has 0 unspecified atom stereocenters. The molecule has 0 spiro atoms. The van der Waals surface area contributed by atoms with Crippen LogP contribution in [0, 0.1) is 0 Å². The topological polar surface area (TPSA) is 9.23 Å². The quantitative estimate of drug-likeness (QED) is 0.516. The molecule has 3 aromatic rings. The molecule has 3 aromatic carbocycles. The lowest BCUT2D eigenvalue weighted by molar-refractivity contribution is 0.414. The number of ether oxygens (including phenoxy) is 1. The highest BCUT2D eigenvalue weighted by atomic mass is 16.5. The van der Waals surface area contributed by atoms with Crippen molar-refractivity contribution in [3.8, 4) is 16.9 Å². The second-order valence-corrected chi connectivity index (χ2v) is 10.2. The SMILES string of the molecule is COc1ccc(CC2c3cc([N+](C)(C)C)ccc3-c3ccc([N+](C)(C)C)cc32)cc1. The minimum atomic E-state index is 0.362. The van der Waals surface area contributed by atoms with Gasteiger partial charge in [0.05, 0.1) is 49.4 Å². The number of nitrogens with zero attached hydrogens (tertiary/aromatic N) is 2. The molecule has 0 fully saturated rings. The van der Waals surface area contributed by atoms with Crippen molar-refractivity contribution in [1.82, 2.24) is 8.97 Å². The van der Waals surface area contributed by atoms with E-state index in [0.29, 0.717) is 5.92 Å². The van der Waals surface area contributed by atoms with Crippen LogP contribution in [0.4, 0.5) is 11.4 Å². The summed E-state index contributed by atoms with van der Waals surface area (Å²) >= 11 is 0. The summed E-state index contributed by atoms with van der Waals surface area (Å²) in [6.45, 7) is 0. The summed E-state index contributed by atoms with van der Waals surface area (Å²) in [4.78, 5) is 0. The van der Waals surface area contributed by atoms with Crippen LogP contribution in [-0.2, 0) is 6.42 Å². The van der Waals surface area contributed by atoms with Crippen LogP contribution in [0.3, 0.4) is 0 Å². The van der Waals surface area contributed by atoms with Crippen molar-refractivity contribution in [2.75, 3.05) is 49.4 Å². The van der Waals surface area contributed by atoms with Crippen LogP contribution in [0.25, 0.3) is 11.1 Å². The molecule has 0 heterocycles. The lowest BCUT2D eigenvalue weighted by Crippen LogP contribution is -2.34. The molecule has 0 bridgehead atoms. The maximum Gasteiger partial charge on any atom is 0.132 e. The van der Waals surface area contributed by atoms with Crippen LogP contribution in [0.5, 0.6) is 5.75 Å². The van der Waals surface area contributed by atoms with Crippen LogP contribution in [0.1, 0.15) is 22.6 Å². The molecule has 30 heavy (non-hydrogen) atoms. The Morgan fingerprint density at radius 1 is 0.667 bits per heavy atom. The van der Waals surface area contributed by atoms with Gasteiger partial charge in [-0.3, -0.25) is 8.97 Å². The second-order valence-electron chi connectivity index (χ2n) is 10.2. The predicted molar refractivity (Wildman–Crippen MR) is 130 cm³/mol. The first-order valence-electron chi connectivity index (χ1n) is 10.6. The van der Waals surface area contributed by atoms with E-state index in [1.165, 1.54) is 39.2 Å². The van der Waals surface area contributed by atoms with Gasteiger partial charge in [-0.05, 0) is 70.6 Å². The van der Waals surface area contributed by atoms with E-state index >= 15 is 0 Å². The summed E-state index contributed by atoms with van der Waals surface area (Å²) in [5.41, 5.74) is 9.68. The number of rotatable bonds is 5. The first kappa shape index (κ1) is 20.6. The fourth-order valence-electron chi connectivity index (χ4n) is 4.39. The summed E-state index contributed by atoms with van der Waals surface area (Å²) in [6, 6.07) is 22.6. The lowest BCUT2D eigenvalue weighted by atomic mass is 9.89. The van der Waals surface area contributed by atoms with Gasteiger partial charge in [0.25, 0.3) is 0 Å². The van der Waals surface area contributed by atoms with Gasteiger partial charge in [-0.2, -0.15) is 0 Å². The number of benzene rings is 3. The lowest BCUT2D eigenvalue weighted by Gasteiger charge is -2.25. The van der Waals surface area contributed by atoms with Gasteiger partial charge >= 0.3 is 0 Å². The predicted octanol–water partition coefficient (Wildman–Crippen LogP) is 5.44. The van der Waals surface area contributed by atoms with Crippen molar-refractivity contribution >= 4 is 11.4 Å². The van der Waals surface area contributed by atoms with Crippen LogP contribution >= 0.6 is 0 Å². The monoisotopic (exact) mass is 402 g/mol. The smallest absolute Gasteiger partial charge is 0.132 e. The fraction of sp³-hybridized carbons (Fsp3) is 0.333. The molecule has 0 radical (unpaired) electrons. The molecule has 3 heteroatoms. The van der Waals surface area contributed by atoms with Crippen molar-refractivity contribution in [3.05, 3.63) is 77.4 Å². The first-order valence-corrected chi connectivity index (χ1v) is 10.6. The molecule has 0 atom stereocenters. The van der Waals surface area contributed by atoms with Crippen LogP contribution in [0.15, 0.2) is 60.7 Å². The Kier molecular flexibility index (Phi) is 5.00. The molecule has 1 aliphatic carbocycles. The number of hydrogen-bond acceptors (Lipinski definition) is 1. The van der Waals surface area contributed by atoms with Gasteiger partial charge in [-0.15, -0.1) is 0 Å². The van der Waals surface area contributed by atoms with E-state index in [-0.39, 0.29) is 0 Å². The molecule has 156 valence electrons. The molecule has 0 saturated carbocycles. The molecule has 0 amide bonds. The van der Waals surface area contributed by atoms with Crippen molar-refractivity contribution in [3.63, 3.8) is 0 Å². The number of fused-ring (bicyclic) bond motifs is 3. The molecular formula is C27H34N2O+2. The van der Waals surface area contributed by atoms with E-state index in [1.807, 2.05) is 0 Å². The average molecular weight is 403 g/mol. The van der Waals surface area contributed by atoms with Gasteiger partial charge in [0, 0.05) is 18.1 Å². The Labute approximate surface area is 181 Å². The van der Waals surface area contributed by atoms with Gasteiger partial charge < -0.3 is 4.74 Å². The Bertz CT molecular complexity index is 1010. The van der Waals surface area contributed by atoms with E-state index < -0.39 is 0 Å². The number of hydrogen-bond donors (Lipinski definition) is 0. The van der Waals surface area contributed by atoms with Gasteiger partial charge in [-0.25, -0.2) is 0 Å². The Morgan fingerprint density at radius 2 is 1.13 bits per heavy atom. The summed E-state index contributed by atoms with van der Waals surface area (Å²) in [5, 5.41) is 0. The zero-order valence-electron chi connectivity index (χ0n) is 19.4. The minimum Gasteiger partial charge on any atom is -0.497 e. The maximum absolute atomic E-state index is 5.35. The molecule has 3 nitrogen and oxygen atoms in total. The zero-order valence-corrected chi connectivity index (χ0v) is 19.4. The molecule has 0 aliphatic heterocycles. The van der Waals surface area contributed by atoms with E-state index in [2.05, 4.69) is 103 Å². The summed E-state index contributed by atoms with van der Waals surface area (Å²) in [6.07, 6.45) is 0.991. The summed E-state index contributed by atoms with van der Waals surface area (Å²) in [5.74, 6) is 1.27. The Morgan fingerprint density at radius 3 is 1.53 bits per heavy atom. The average Bonchev–Trinajstić information content (AvgIpc) is 3.00. The molecule has 0 saturated heterocycles. The van der Waals surface area contributed by atoms with E-state index in [0.717, 1.165) is 21.1 Å².